The Kier molecular flexibility index (Phi) is 6.60. The van der Waals surface area contributed by atoms with Crippen molar-refractivity contribution >= 4 is 0 Å². The van der Waals surface area contributed by atoms with Gasteiger partial charge in [-0.05, 0) is 13.0 Å². The van der Waals surface area contributed by atoms with Crippen molar-refractivity contribution < 1.29 is 18.3 Å². The molecule has 0 unspecified atom stereocenters. The summed E-state index contributed by atoms with van der Waals surface area (Å²) in [6.07, 6.45) is -2.40. The van der Waals surface area contributed by atoms with Crippen molar-refractivity contribution in [2.75, 3.05) is 26.9 Å². The molecule has 0 aromatic heterocycles. The lowest BCUT2D eigenvalue weighted by molar-refractivity contribution is 0.0187. The van der Waals surface area contributed by atoms with Crippen LogP contribution in [-0.4, -0.2) is 33.3 Å². The van der Waals surface area contributed by atoms with Crippen LogP contribution in [0.4, 0.5) is 8.78 Å². The van der Waals surface area contributed by atoms with Crippen molar-refractivity contribution in [3.05, 3.63) is 29.3 Å². The van der Waals surface area contributed by atoms with Gasteiger partial charge in [0.1, 0.15) is 12.4 Å². The maximum absolute atomic E-state index is 11.8. The second kappa shape index (κ2) is 8.00. The molecule has 18 heavy (non-hydrogen) atoms. The van der Waals surface area contributed by atoms with Crippen molar-refractivity contribution in [1.29, 1.82) is 0 Å². The van der Waals surface area contributed by atoms with E-state index in [1.54, 1.807) is 7.11 Å². The van der Waals surface area contributed by atoms with Gasteiger partial charge in [-0.3, -0.25) is 0 Å². The predicted octanol–water partition coefficient (Wildman–Crippen LogP) is 2.37. The minimum atomic E-state index is -2.40. The minimum Gasteiger partial charge on any atom is -0.496 e. The molecule has 1 aromatic carbocycles. The maximum atomic E-state index is 11.8. The lowest BCUT2D eigenvalue weighted by Crippen LogP contribution is -2.21. The molecule has 0 aliphatic carbocycles. The lowest BCUT2D eigenvalue weighted by Gasteiger charge is -2.10. The lowest BCUT2D eigenvalue weighted by atomic mass is 10.1. The van der Waals surface area contributed by atoms with Gasteiger partial charge in [0.15, 0.2) is 0 Å². The Bertz CT molecular complexity index is 359. The highest BCUT2D eigenvalue weighted by molar-refractivity contribution is 5.36. The number of hydrogen-bond donors (Lipinski definition) is 1. The third kappa shape index (κ3) is 5.42. The number of nitrogens with one attached hydrogen (secondary N) is 1. The van der Waals surface area contributed by atoms with Gasteiger partial charge in [-0.2, -0.15) is 0 Å². The standard InChI is InChI=1S/C13H19F2NO2/c1-10-3-4-12(17-2)11(7-10)8-16-5-6-18-9-13(14)15/h3-4,7,13,16H,5-6,8-9H2,1-2H3. The summed E-state index contributed by atoms with van der Waals surface area (Å²) in [7, 11) is 1.62. The van der Waals surface area contributed by atoms with E-state index in [0.717, 1.165) is 16.9 Å². The molecule has 0 fully saturated rings. The third-order valence-electron chi connectivity index (χ3n) is 2.42. The smallest absolute Gasteiger partial charge is 0.261 e. The van der Waals surface area contributed by atoms with Crippen LogP contribution in [-0.2, 0) is 11.3 Å². The predicted molar refractivity (Wildman–Crippen MR) is 66.3 cm³/mol. The molecule has 1 rings (SSSR count). The van der Waals surface area contributed by atoms with E-state index in [1.807, 2.05) is 25.1 Å². The summed E-state index contributed by atoms with van der Waals surface area (Å²) in [5.74, 6) is 0.821. The molecule has 0 amide bonds. The van der Waals surface area contributed by atoms with Gasteiger partial charge < -0.3 is 14.8 Å². The zero-order chi connectivity index (χ0) is 13.4. The van der Waals surface area contributed by atoms with Gasteiger partial charge in [0.2, 0.25) is 0 Å². The fraction of sp³-hybridized carbons (Fsp3) is 0.538. The Morgan fingerprint density at radius 2 is 2.11 bits per heavy atom. The summed E-state index contributed by atoms with van der Waals surface area (Å²) in [6.45, 7) is 2.94. The summed E-state index contributed by atoms with van der Waals surface area (Å²) in [5, 5.41) is 3.13. The molecule has 0 aliphatic heterocycles. The molecular weight excluding hydrogens is 240 g/mol. The summed E-state index contributed by atoms with van der Waals surface area (Å²) >= 11 is 0. The van der Waals surface area contributed by atoms with Gasteiger partial charge in [0.25, 0.3) is 6.43 Å². The second-order valence-corrected chi connectivity index (χ2v) is 3.96. The van der Waals surface area contributed by atoms with Crippen molar-refractivity contribution in [3.63, 3.8) is 0 Å². The average molecular weight is 259 g/mol. The highest BCUT2D eigenvalue weighted by Crippen LogP contribution is 2.19. The monoisotopic (exact) mass is 259 g/mol. The molecule has 0 radical (unpaired) electrons. The van der Waals surface area contributed by atoms with Crippen molar-refractivity contribution in [3.8, 4) is 5.75 Å². The largest absolute Gasteiger partial charge is 0.496 e. The molecule has 1 N–H and O–H groups in total. The van der Waals surface area contributed by atoms with Gasteiger partial charge in [-0.1, -0.05) is 17.7 Å². The van der Waals surface area contributed by atoms with Gasteiger partial charge in [-0.25, -0.2) is 8.78 Å². The van der Waals surface area contributed by atoms with E-state index >= 15 is 0 Å². The topological polar surface area (TPSA) is 30.5 Å². The fourth-order valence-corrected chi connectivity index (χ4v) is 1.59. The van der Waals surface area contributed by atoms with Gasteiger partial charge in [0.05, 0.1) is 13.7 Å². The van der Waals surface area contributed by atoms with Gasteiger partial charge in [0, 0.05) is 18.7 Å². The zero-order valence-electron chi connectivity index (χ0n) is 10.7. The number of ether oxygens (including phenoxy) is 2. The quantitative estimate of drug-likeness (QED) is 0.727. The average Bonchev–Trinajstić information content (AvgIpc) is 2.33. The Hall–Kier alpha value is -1.20. The summed E-state index contributed by atoms with van der Waals surface area (Å²) in [5.41, 5.74) is 2.20. The molecule has 0 aliphatic rings. The van der Waals surface area contributed by atoms with Crippen molar-refractivity contribution in [2.45, 2.75) is 19.9 Å². The second-order valence-electron chi connectivity index (χ2n) is 3.96. The summed E-state index contributed by atoms with van der Waals surface area (Å²) in [6, 6.07) is 5.93. The fourth-order valence-electron chi connectivity index (χ4n) is 1.59. The van der Waals surface area contributed by atoms with E-state index in [9.17, 15) is 8.78 Å². The number of alkyl halides is 2. The number of benzene rings is 1. The first-order chi connectivity index (χ1) is 8.63. The SMILES string of the molecule is COc1ccc(C)cc1CNCCOCC(F)F. The van der Waals surface area contributed by atoms with Crippen LogP contribution in [0.25, 0.3) is 0 Å². The van der Waals surface area contributed by atoms with E-state index in [4.69, 9.17) is 9.47 Å². The number of hydrogen-bond acceptors (Lipinski definition) is 3. The van der Waals surface area contributed by atoms with Crippen LogP contribution in [0, 0.1) is 6.92 Å². The Morgan fingerprint density at radius 1 is 1.33 bits per heavy atom. The highest BCUT2D eigenvalue weighted by atomic mass is 19.3. The first-order valence-corrected chi connectivity index (χ1v) is 5.83. The molecule has 5 heteroatoms. The van der Waals surface area contributed by atoms with Crippen LogP contribution in [0.1, 0.15) is 11.1 Å². The van der Waals surface area contributed by atoms with Crippen LogP contribution < -0.4 is 10.1 Å². The van der Waals surface area contributed by atoms with Crippen molar-refractivity contribution in [1.82, 2.24) is 5.32 Å². The minimum absolute atomic E-state index is 0.276. The first kappa shape index (κ1) is 14.9. The molecule has 0 atom stereocenters. The number of aryl methyl sites for hydroxylation is 1. The molecule has 0 saturated carbocycles. The molecule has 0 saturated heterocycles. The van der Waals surface area contributed by atoms with Gasteiger partial charge in [-0.15, -0.1) is 0 Å². The van der Waals surface area contributed by atoms with Gasteiger partial charge >= 0.3 is 0 Å². The molecule has 0 spiro atoms. The molecule has 3 nitrogen and oxygen atoms in total. The maximum Gasteiger partial charge on any atom is 0.261 e. The zero-order valence-corrected chi connectivity index (χ0v) is 10.7. The van der Waals surface area contributed by atoms with Crippen molar-refractivity contribution in [2.24, 2.45) is 0 Å². The van der Waals surface area contributed by atoms with Crippen LogP contribution in [0.2, 0.25) is 0 Å². The number of methoxy groups -OCH3 is 1. The van der Waals surface area contributed by atoms with Crippen LogP contribution in [0.5, 0.6) is 5.75 Å². The van der Waals surface area contributed by atoms with E-state index in [2.05, 4.69) is 5.32 Å². The normalized spacial score (nSPS) is 10.9. The Morgan fingerprint density at radius 3 is 2.78 bits per heavy atom. The Balaban J connectivity index is 2.28. The van der Waals surface area contributed by atoms with E-state index in [0.29, 0.717) is 13.1 Å². The Labute approximate surface area is 106 Å². The third-order valence-corrected chi connectivity index (χ3v) is 2.42. The first-order valence-electron chi connectivity index (χ1n) is 5.83. The molecule has 0 heterocycles. The number of rotatable bonds is 8. The highest BCUT2D eigenvalue weighted by Gasteiger charge is 2.03. The van der Waals surface area contributed by atoms with Crippen LogP contribution in [0.3, 0.4) is 0 Å². The summed E-state index contributed by atoms with van der Waals surface area (Å²) in [4.78, 5) is 0. The molecular formula is C13H19F2NO2. The van der Waals surface area contributed by atoms with Crippen LogP contribution in [0.15, 0.2) is 18.2 Å². The molecule has 102 valence electrons. The number of halogens is 2. The summed E-state index contributed by atoms with van der Waals surface area (Å²) < 4.78 is 33.6. The van der Waals surface area contributed by atoms with E-state index in [-0.39, 0.29) is 6.61 Å². The molecule has 0 bridgehead atoms. The van der Waals surface area contributed by atoms with E-state index in [1.165, 1.54) is 0 Å². The van der Waals surface area contributed by atoms with E-state index < -0.39 is 13.0 Å². The molecule has 1 aromatic rings. The van der Waals surface area contributed by atoms with Crippen LogP contribution >= 0.6 is 0 Å².